The molecule has 3 rings (SSSR count). The maximum atomic E-state index is 5.67. The van der Waals surface area contributed by atoms with E-state index in [0.29, 0.717) is 18.2 Å². The second-order valence-corrected chi connectivity index (χ2v) is 5.30. The first-order valence-electron chi connectivity index (χ1n) is 6.98. The van der Waals surface area contributed by atoms with Gasteiger partial charge in [-0.05, 0) is 30.5 Å². The van der Waals surface area contributed by atoms with Crippen LogP contribution in [0.4, 0.5) is 5.69 Å². The molecule has 2 aromatic rings. The van der Waals surface area contributed by atoms with Gasteiger partial charge in [0, 0.05) is 11.6 Å². The molecule has 0 bridgehead atoms. The highest BCUT2D eigenvalue weighted by atomic mass is 35.5. The van der Waals surface area contributed by atoms with E-state index >= 15 is 0 Å². The quantitative estimate of drug-likeness (QED) is 0.876. The van der Waals surface area contributed by atoms with Crippen LogP contribution in [0.25, 0.3) is 0 Å². The lowest BCUT2D eigenvalue weighted by Crippen LogP contribution is -2.06. The van der Waals surface area contributed by atoms with Crippen molar-refractivity contribution in [2.24, 2.45) is 0 Å². The molecule has 5 heteroatoms. The molecule has 1 aromatic heterocycles. The second kappa shape index (κ2) is 6.75. The van der Waals surface area contributed by atoms with Crippen molar-refractivity contribution < 1.29 is 4.52 Å². The van der Waals surface area contributed by atoms with Crippen molar-refractivity contribution in [2.75, 3.05) is 5.73 Å². The molecule has 108 valence electrons. The molecule has 1 aromatic carbocycles. The van der Waals surface area contributed by atoms with E-state index in [1.165, 1.54) is 32.1 Å². The van der Waals surface area contributed by atoms with Crippen molar-refractivity contribution in [2.45, 2.75) is 44.4 Å². The van der Waals surface area contributed by atoms with Crippen LogP contribution in [0.2, 0.25) is 0 Å². The zero-order chi connectivity index (χ0) is 13.1. The zero-order valence-corrected chi connectivity index (χ0v) is 12.2. The van der Waals surface area contributed by atoms with E-state index < -0.39 is 0 Å². The van der Waals surface area contributed by atoms with Gasteiger partial charge in [-0.3, -0.25) is 0 Å². The molecular weight excluding hydrogens is 274 g/mol. The summed E-state index contributed by atoms with van der Waals surface area (Å²) in [5.41, 5.74) is 7.59. The van der Waals surface area contributed by atoms with Crippen LogP contribution < -0.4 is 5.73 Å². The van der Waals surface area contributed by atoms with E-state index in [2.05, 4.69) is 10.1 Å². The van der Waals surface area contributed by atoms with Crippen LogP contribution in [0.5, 0.6) is 0 Å². The Balaban J connectivity index is 0.00000147. The number of aromatic nitrogens is 2. The predicted molar refractivity (Wildman–Crippen MR) is 81.0 cm³/mol. The van der Waals surface area contributed by atoms with Gasteiger partial charge in [-0.1, -0.05) is 36.6 Å². The third kappa shape index (κ3) is 3.51. The second-order valence-electron chi connectivity index (χ2n) is 5.30. The van der Waals surface area contributed by atoms with E-state index in [1.54, 1.807) is 0 Å². The third-order valence-corrected chi connectivity index (χ3v) is 3.79. The molecule has 0 aliphatic heterocycles. The molecule has 1 aliphatic carbocycles. The fourth-order valence-corrected chi connectivity index (χ4v) is 2.68. The Bertz CT molecular complexity index is 532. The molecule has 1 fully saturated rings. The van der Waals surface area contributed by atoms with Crippen LogP contribution in [-0.4, -0.2) is 10.1 Å². The molecule has 1 heterocycles. The third-order valence-electron chi connectivity index (χ3n) is 3.79. The van der Waals surface area contributed by atoms with Gasteiger partial charge in [-0.15, -0.1) is 12.4 Å². The number of benzene rings is 1. The minimum Gasteiger partial charge on any atom is -0.399 e. The highest BCUT2D eigenvalue weighted by molar-refractivity contribution is 5.85. The maximum absolute atomic E-state index is 5.67. The molecule has 20 heavy (non-hydrogen) atoms. The first-order chi connectivity index (χ1) is 9.31. The SMILES string of the molecule is Cl.Nc1ccc(Cc2nc(C3CCCCC3)no2)cc1. The van der Waals surface area contributed by atoms with Crippen LogP contribution in [-0.2, 0) is 6.42 Å². The van der Waals surface area contributed by atoms with Gasteiger partial charge < -0.3 is 10.3 Å². The first-order valence-corrected chi connectivity index (χ1v) is 6.98. The molecule has 2 N–H and O–H groups in total. The summed E-state index contributed by atoms with van der Waals surface area (Å²) in [4.78, 5) is 4.54. The summed E-state index contributed by atoms with van der Waals surface area (Å²) in [7, 11) is 0. The van der Waals surface area contributed by atoms with Gasteiger partial charge in [0.2, 0.25) is 5.89 Å². The molecule has 1 aliphatic rings. The predicted octanol–water partition coefficient (Wildman–Crippen LogP) is 3.71. The van der Waals surface area contributed by atoms with Crippen molar-refractivity contribution in [3.05, 3.63) is 41.5 Å². The number of anilines is 1. The van der Waals surface area contributed by atoms with Gasteiger partial charge >= 0.3 is 0 Å². The van der Waals surface area contributed by atoms with Crippen molar-refractivity contribution in [3.8, 4) is 0 Å². The minimum absolute atomic E-state index is 0. The lowest BCUT2D eigenvalue weighted by molar-refractivity contribution is 0.362. The molecule has 0 amide bonds. The van der Waals surface area contributed by atoms with Crippen molar-refractivity contribution in [3.63, 3.8) is 0 Å². The lowest BCUT2D eigenvalue weighted by Gasteiger charge is -2.17. The Kier molecular flexibility index (Phi) is 5.01. The summed E-state index contributed by atoms with van der Waals surface area (Å²) < 4.78 is 5.36. The van der Waals surface area contributed by atoms with Crippen molar-refractivity contribution in [1.82, 2.24) is 10.1 Å². The van der Waals surface area contributed by atoms with E-state index in [4.69, 9.17) is 10.3 Å². The van der Waals surface area contributed by atoms with Crippen LogP contribution in [0, 0.1) is 0 Å². The number of nitrogens with two attached hydrogens (primary N) is 1. The molecule has 0 saturated heterocycles. The number of rotatable bonds is 3. The standard InChI is InChI=1S/C15H19N3O.ClH/c16-13-8-6-11(7-9-13)10-14-17-15(18-19-14)12-4-2-1-3-5-12;/h6-9,12H,1-5,10,16H2;1H. The molecular formula is C15H20ClN3O. The highest BCUT2D eigenvalue weighted by Crippen LogP contribution is 2.30. The molecule has 0 spiro atoms. The Labute approximate surface area is 125 Å². The average Bonchev–Trinajstić information content (AvgIpc) is 2.91. The largest absolute Gasteiger partial charge is 0.399 e. The zero-order valence-electron chi connectivity index (χ0n) is 11.4. The normalized spacial score (nSPS) is 15.8. The number of nitrogen functional groups attached to an aromatic ring is 1. The fraction of sp³-hybridized carbons (Fsp3) is 0.467. The summed E-state index contributed by atoms with van der Waals surface area (Å²) >= 11 is 0. The first kappa shape index (κ1) is 14.9. The van der Waals surface area contributed by atoms with E-state index in [-0.39, 0.29) is 12.4 Å². The van der Waals surface area contributed by atoms with Crippen LogP contribution in [0.3, 0.4) is 0 Å². The van der Waals surface area contributed by atoms with Gasteiger partial charge in [-0.25, -0.2) is 0 Å². The van der Waals surface area contributed by atoms with Crippen LogP contribution in [0.1, 0.15) is 55.3 Å². The van der Waals surface area contributed by atoms with E-state index in [0.717, 1.165) is 17.1 Å². The van der Waals surface area contributed by atoms with Crippen LogP contribution >= 0.6 is 12.4 Å². The highest BCUT2D eigenvalue weighted by Gasteiger charge is 2.20. The Morgan fingerprint density at radius 3 is 2.50 bits per heavy atom. The summed E-state index contributed by atoms with van der Waals surface area (Å²) in [6, 6.07) is 7.79. The van der Waals surface area contributed by atoms with E-state index in [9.17, 15) is 0 Å². The lowest BCUT2D eigenvalue weighted by atomic mass is 9.89. The van der Waals surface area contributed by atoms with Gasteiger partial charge in [0.1, 0.15) is 0 Å². The van der Waals surface area contributed by atoms with Gasteiger partial charge in [0.25, 0.3) is 0 Å². The van der Waals surface area contributed by atoms with Crippen LogP contribution in [0.15, 0.2) is 28.8 Å². The fourth-order valence-electron chi connectivity index (χ4n) is 2.68. The summed E-state index contributed by atoms with van der Waals surface area (Å²) in [5.74, 6) is 2.09. The van der Waals surface area contributed by atoms with Crippen molar-refractivity contribution in [1.29, 1.82) is 0 Å². The summed E-state index contributed by atoms with van der Waals surface area (Å²) in [6.45, 7) is 0. The number of hydrogen-bond acceptors (Lipinski definition) is 4. The van der Waals surface area contributed by atoms with Crippen molar-refractivity contribution >= 4 is 18.1 Å². The van der Waals surface area contributed by atoms with Gasteiger partial charge in [0.05, 0.1) is 6.42 Å². The molecule has 0 atom stereocenters. The minimum atomic E-state index is 0. The molecule has 0 unspecified atom stereocenters. The van der Waals surface area contributed by atoms with Gasteiger partial charge in [-0.2, -0.15) is 4.98 Å². The number of nitrogens with zero attached hydrogens (tertiary/aromatic N) is 2. The smallest absolute Gasteiger partial charge is 0.231 e. The monoisotopic (exact) mass is 293 g/mol. The topological polar surface area (TPSA) is 64.9 Å². The molecule has 0 radical (unpaired) electrons. The Hall–Kier alpha value is -1.55. The molecule has 1 saturated carbocycles. The van der Waals surface area contributed by atoms with Gasteiger partial charge in [0.15, 0.2) is 5.82 Å². The van der Waals surface area contributed by atoms with E-state index in [1.807, 2.05) is 24.3 Å². The Morgan fingerprint density at radius 1 is 1.10 bits per heavy atom. The number of halogens is 1. The molecule has 4 nitrogen and oxygen atoms in total. The Morgan fingerprint density at radius 2 is 1.80 bits per heavy atom. The average molecular weight is 294 g/mol. The maximum Gasteiger partial charge on any atom is 0.231 e. The number of hydrogen-bond donors (Lipinski definition) is 1. The summed E-state index contributed by atoms with van der Waals surface area (Å²) in [5, 5.41) is 4.14. The summed E-state index contributed by atoms with van der Waals surface area (Å²) in [6.07, 6.45) is 6.98.